The fourth-order valence-corrected chi connectivity index (χ4v) is 5.09. The highest BCUT2D eigenvalue weighted by Gasteiger charge is 2.48. The van der Waals surface area contributed by atoms with Crippen molar-refractivity contribution >= 4 is 24.6 Å². The van der Waals surface area contributed by atoms with Crippen molar-refractivity contribution in [3.63, 3.8) is 0 Å². The second-order valence-corrected chi connectivity index (χ2v) is 10.8. The Morgan fingerprint density at radius 3 is 2.59 bits per heavy atom. The largest absolute Gasteiger partial charge is 0.475 e. The average molecular weight is 539 g/mol. The van der Waals surface area contributed by atoms with Crippen LogP contribution in [0.15, 0.2) is 41.6 Å². The quantitative estimate of drug-likeness (QED) is 0.317. The standard InChI is InChI=1S/C27H38BN5O6/c1-18(2)13-24(28(36)37)30-26(35)27(15-20-7-5-4-6-8-20)16-21(32-39-27)17-29-25(34)23-14-19(3)31-33(23)22-9-11-38-12-10-22/h4-8,14,18,22,24,36-37H,9-13,15-17H2,1-3H3,(H,29,34)(H,30,35). The summed E-state index contributed by atoms with van der Waals surface area (Å²) in [5.74, 6) is -1.49. The summed E-state index contributed by atoms with van der Waals surface area (Å²) in [7, 11) is -1.71. The van der Waals surface area contributed by atoms with E-state index in [0.717, 1.165) is 24.1 Å². The van der Waals surface area contributed by atoms with Crippen molar-refractivity contribution in [2.45, 2.75) is 70.5 Å². The van der Waals surface area contributed by atoms with E-state index in [9.17, 15) is 19.6 Å². The van der Waals surface area contributed by atoms with Crippen LogP contribution in [0.3, 0.4) is 0 Å². The third kappa shape index (κ3) is 7.26. The molecule has 1 fully saturated rings. The third-order valence-corrected chi connectivity index (χ3v) is 7.07. The van der Waals surface area contributed by atoms with Crippen LogP contribution in [0.5, 0.6) is 0 Å². The molecule has 2 aromatic rings. The molecule has 2 unspecified atom stereocenters. The van der Waals surface area contributed by atoms with Crippen LogP contribution >= 0.6 is 0 Å². The van der Waals surface area contributed by atoms with Gasteiger partial charge in [0, 0.05) is 26.1 Å². The van der Waals surface area contributed by atoms with Gasteiger partial charge in [-0.3, -0.25) is 14.3 Å². The molecule has 0 bridgehead atoms. The van der Waals surface area contributed by atoms with E-state index in [2.05, 4.69) is 20.9 Å². The van der Waals surface area contributed by atoms with Crippen molar-refractivity contribution in [2.24, 2.45) is 11.1 Å². The van der Waals surface area contributed by atoms with Gasteiger partial charge in [0.1, 0.15) is 5.69 Å². The summed E-state index contributed by atoms with van der Waals surface area (Å²) in [4.78, 5) is 32.5. The number of nitrogens with zero attached hydrogens (tertiary/aromatic N) is 3. The molecule has 2 amide bonds. The summed E-state index contributed by atoms with van der Waals surface area (Å²) < 4.78 is 7.23. The van der Waals surface area contributed by atoms with Crippen LogP contribution in [0.25, 0.3) is 0 Å². The van der Waals surface area contributed by atoms with Gasteiger partial charge in [0.05, 0.1) is 29.9 Å². The van der Waals surface area contributed by atoms with Crippen LogP contribution in [-0.4, -0.2) is 75.8 Å². The average Bonchev–Trinajstić information content (AvgIpc) is 3.52. The minimum absolute atomic E-state index is 0.0959. The van der Waals surface area contributed by atoms with Gasteiger partial charge in [0.25, 0.3) is 11.8 Å². The number of oxime groups is 1. The smallest absolute Gasteiger partial charge is 0.426 e. The number of rotatable bonds is 11. The van der Waals surface area contributed by atoms with Crippen LogP contribution in [-0.2, 0) is 20.8 Å². The summed E-state index contributed by atoms with van der Waals surface area (Å²) >= 11 is 0. The molecular weight excluding hydrogens is 501 g/mol. The Kier molecular flexibility index (Phi) is 9.42. The Morgan fingerprint density at radius 1 is 1.21 bits per heavy atom. The lowest BCUT2D eigenvalue weighted by molar-refractivity contribution is -0.144. The maximum Gasteiger partial charge on any atom is 0.475 e. The molecule has 1 aromatic carbocycles. The molecule has 2 atom stereocenters. The molecule has 3 heterocycles. The first-order valence-corrected chi connectivity index (χ1v) is 13.5. The van der Waals surface area contributed by atoms with Crippen molar-refractivity contribution < 1.29 is 29.2 Å². The Bertz CT molecular complexity index is 1160. The van der Waals surface area contributed by atoms with Gasteiger partial charge in [-0.1, -0.05) is 49.3 Å². The van der Waals surface area contributed by atoms with Gasteiger partial charge in [0.2, 0.25) is 5.60 Å². The number of hydrogen-bond acceptors (Lipinski definition) is 8. The van der Waals surface area contributed by atoms with Gasteiger partial charge in [0.15, 0.2) is 0 Å². The van der Waals surface area contributed by atoms with Crippen LogP contribution in [0.2, 0.25) is 0 Å². The number of amides is 2. The van der Waals surface area contributed by atoms with Crippen molar-refractivity contribution in [2.75, 3.05) is 19.8 Å². The van der Waals surface area contributed by atoms with Crippen molar-refractivity contribution in [1.29, 1.82) is 0 Å². The predicted octanol–water partition coefficient (Wildman–Crippen LogP) is 1.57. The zero-order valence-electron chi connectivity index (χ0n) is 22.8. The van der Waals surface area contributed by atoms with Crippen LogP contribution in [0.1, 0.15) is 67.3 Å². The number of aromatic nitrogens is 2. The number of ether oxygens (including phenoxy) is 1. The van der Waals surface area contributed by atoms with E-state index in [0.29, 0.717) is 31.0 Å². The molecule has 11 nitrogen and oxygen atoms in total. The van der Waals surface area contributed by atoms with Gasteiger partial charge in [-0.05, 0) is 43.7 Å². The van der Waals surface area contributed by atoms with E-state index in [1.807, 2.05) is 51.1 Å². The molecule has 2 aliphatic rings. The minimum atomic E-state index is -1.71. The lowest BCUT2D eigenvalue weighted by Crippen LogP contribution is -2.56. The van der Waals surface area contributed by atoms with E-state index in [-0.39, 0.29) is 37.3 Å². The number of benzene rings is 1. The van der Waals surface area contributed by atoms with Gasteiger partial charge in [-0.15, -0.1) is 0 Å². The van der Waals surface area contributed by atoms with Gasteiger partial charge in [-0.25, -0.2) is 0 Å². The van der Waals surface area contributed by atoms with E-state index in [1.165, 1.54) is 0 Å². The highest BCUT2D eigenvalue weighted by molar-refractivity contribution is 6.43. The van der Waals surface area contributed by atoms with Crippen LogP contribution in [0, 0.1) is 12.8 Å². The highest BCUT2D eigenvalue weighted by Crippen LogP contribution is 2.30. The maximum atomic E-state index is 13.6. The molecule has 0 saturated carbocycles. The zero-order chi connectivity index (χ0) is 28.0. The minimum Gasteiger partial charge on any atom is -0.426 e. The molecule has 0 aliphatic carbocycles. The molecule has 210 valence electrons. The van der Waals surface area contributed by atoms with Crippen molar-refractivity contribution in [3.8, 4) is 0 Å². The molecule has 2 aliphatic heterocycles. The van der Waals surface area contributed by atoms with E-state index in [1.54, 1.807) is 10.7 Å². The first-order chi connectivity index (χ1) is 18.7. The Labute approximate surface area is 229 Å². The molecule has 4 N–H and O–H groups in total. The summed E-state index contributed by atoms with van der Waals surface area (Å²) in [5.41, 5.74) is 1.23. The van der Waals surface area contributed by atoms with Gasteiger partial charge in [-0.2, -0.15) is 5.10 Å². The van der Waals surface area contributed by atoms with Gasteiger partial charge < -0.3 is 30.3 Å². The van der Waals surface area contributed by atoms with Crippen LogP contribution in [0.4, 0.5) is 0 Å². The summed E-state index contributed by atoms with van der Waals surface area (Å²) in [6.07, 6.45) is 2.34. The second kappa shape index (κ2) is 12.8. The van der Waals surface area contributed by atoms with E-state index >= 15 is 0 Å². The molecule has 0 radical (unpaired) electrons. The Hall–Kier alpha value is -3.22. The SMILES string of the molecule is Cc1cc(C(=O)NCC2=NOC(Cc3ccccc3)(C(=O)NC(CC(C)C)B(O)O)C2)n(C2CCOCC2)n1. The Balaban J connectivity index is 1.45. The Morgan fingerprint density at radius 2 is 1.92 bits per heavy atom. The fourth-order valence-electron chi connectivity index (χ4n) is 5.09. The summed E-state index contributed by atoms with van der Waals surface area (Å²) in [5, 5.41) is 34.1. The zero-order valence-corrected chi connectivity index (χ0v) is 22.8. The van der Waals surface area contributed by atoms with Crippen molar-refractivity contribution in [1.82, 2.24) is 20.4 Å². The molecule has 0 spiro atoms. The highest BCUT2D eigenvalue weighted by atomic mass is 16.7. The lowest BCUT2D eigenvalue weighted by atomic mass is 9.74. The van der Waals surface area contributed by atoms with E-state index in [4.69, 9.17) is 9.57 Å². The number of carbonyl (C=O) groups is 2. The number of nitrogens with one attached hydrogen (secondary N) is 2. The summed E-state index contributed by atoms with van der Waals surface area (Å²) in [6, 6.07) is 11.3. The molecule has 12 heteroatoms. The lowest BCUT2D eigenvalue weighted by Gasteiger charge is -2.29. The number of hydrogen-bond donors (Lipinski definition) is 4. The first-order valence-electron chi connectivity index (χ1n) is 13.5. The first kappa shape index (κ1) is 28.8. The summed E-state index contributed by atoms with van der Waals surface area (Å²) in [6.45, 7) is 7.09. The molecule has 1 saturated heterocycles. The van der Waals surface area contributed by atoms with Gasteiger partial charge >= 0.3 is 7.12 Å². The predicted molar refractivity (Wildman–Crippen MR) is 146 cm³/mol. The van der Waals surface area contributed by atoms with Crippen molar-refractivity contribution in [3.05, 3.63) is 53.3 Å². The number of carbonyl (C=O) groups excluding carboxylic acids is 2. The number of aryl methyl sites for hydroxylation is 1. The normalized spacial score (nSPS) is 20.3. The maximum absolute atomic E-state index is 13.6. The fraction of sp³-hybridized carbons (Fsp3) is 0.556. The van der Waals surface area contributed by atoms with Crippen LogP contribution < -0.4 is 10.6 Å². The molecule has 1 aromatic heterocycles. The monoisotopic (exact) mass is 539 g/mol. The molecule has 4 rings (SSSR count). The molecule has 39 heavy (non-hydrogen) atoms. The van der Waals surface area contributed by atoms with E-state index < -0.39 is 24.6 Å². The topological polar surface area (TPSA) is 147 Å². The molecular formula is C27H38BN5O6. The third-order valence-electron chi connectivity index (χ3n) is 7.07. The second-order valence-electron chi connectivity index (χ2n) is 10.8.